The zero-order valence-electron chi connectivity index (χ0n) is 17.6. The molecule has 2 aromatic rings. The van der Waals surface area contributed by atoms with Gasteiger partial charge in [-0.25, -0.2) is 9.59 Å². The third-order valence-corrected chi connectivity index (χ3v) is 4.50. The van der Waals surface area contributed by atoms with Crippen LogP contribution in [-0.4, -0.2) is 42.5 Å². The van der Waals surface area contributed by atoms with Crippen LogP contribution in [0.25, 0.3) is 0 Å². The van der Waals surface area contributed by atoms with Crippen LogP contribution in [0.5, 0.6) is 0 Å². The molecule has 0 radical (unpaired) electrons. The number of rotatable bonds is 9. The molecule has 0 saturated carbocycles. The van der Waals surface area contributed by atoms with Crippen LogP contribution in [0, 0.1) is 0 Å². The zero-order valence-corrected chi connectivity index (χ0v) is 17.6. The molecule has 3 N–H and O–H groups in total. The summed E-state index contributed by atoms with van der Waals surface area (Å²) in [4.78, 5) is 48.7. The van der Waals surface area contributed by atoms with Crippen LogP contribution in [-0.2, 0) is 20.7 Å². The fraction of sp³-hybridized carbons (Fsp3) is 0.304. The molecule has 0 saturated heterocycles. The van der Waals surface area contributed by atoms with Gasteiger partial charge in [-0.2, -0.15) is 0 Å². The molecule has 8 nitrogen and oxygen atoms in total. The first-order valence-electron chi connectivity index (χ1n) is 10.1. The Labute approximate surface area is 181 Å². The number of ether oxygens (including phenoxy) is 1. The molecule has 0 bridgehead atoms. The minimum Gasteiger partial charge on any atom is -0.454 e. The Morgan fingerprint density at radius 1 is 0.903 bits per heavy atom. The largest absolute Gasteiger partial charge is 0.454 e. The summed E-state index contributed by atoms with van der Waals surface area (Å²) in [6.45, 7) is 3.05. The molecule has 0 aliphatic carbocycles. The van der Waals surface area contributed by atoms with Crippen molar-refractivity contribution in [2.45, 2.75) is 38.8 Å². The van der Waals surface area contributed by atoms with E-state index in [1.54, 1.807) is 37.3 Å². The van der Waals surface area contributed by atoms with Gasteiger partial charge in [0.05, 0.1) is 0 Å². The Morgan fingerprint density at radius 2 is 1.52 bits per heavy atom. The second kappa shape index (κ2) is 12.1. The normalized spacial score (nSPS) is 12.2. The Bertz CT molecular complexity index is 887. The van der Waals surface area contributed by atoms with E-state index in [2.05, 4.69) is 16.0 Å². The molecule has 4 amide bonds. The summed E-state index contributed by atoms with van der Waals surface area (Å²) < 4.78 is 5.06. The quantitative estimate of drug-likeness (QED) is 0.533. The predicted octanol–water partition coefficient (Wildman–Crippen LogP) is 2.20. The second-order valence-corrected chi connectivity index (χ2v) is 7.02. The van der Waals surface area contributed by atoms with E-state index >= 15 is 0 Å². The Kier molecular flexibility index (Phi) is 9.22. The first-order chi connectivity index (χ1) is 14.9. The van der Waals surface area contributed by atoms with Gasteiger partial charge in [0.15, 0.2) is 6.61 Å². The van der Waals surface area contributed by atoms with Crippen molar-refractivity contribution >= 4 is 23.8 Å². The van der Waals surface area contributed by atoms with E-state index in [9.17, 15) is 19.2 Å². The number of amides is 4. The average molecular weight is 425 g/mol. The van der Waals surface area contributed by atoms with Gasteiger partial charge >= 0.3 is 12.0 Å². The summed E-state index contributed by atoms with van der Waals surface area (Å²) in [5, 5.41) is 7.34. The van der Waals surface area contributed by atoms with Gasteiger partial charge in [0.25, 0.3) is 11.8 Å². The fourth-order valence-corrected chi connectivity index (χ4v) is 2.64. The number of nitrogens with one attached hydrogen (secondary N) is 3. The lowest BCUT2D eigenvalue weighted by Gasteiger charge is -2.18. The summed E-state index contributed by atoms with van der Waals surface area (Å²) in [7, 11) is 0. The van der Waals surface area contributed by atoms with Crippen molar-refractivity contribution in [3.63, 3.8) is 0 Å². The minimum absolute atomic E-state index is 0.0983. The fourth-order valence-electron chi connectivity index (χ4n) is 2.64. The van der Waals surface area contributed by atoms with Crippen LogP contribution < -0.4 is 16.0 Å². The molecule has 0 unspecified atom stereocenters. The van der Waals surface area contributed by atoms with E-state index in [0.717, 1.165) is 5.56 Å². The monoisotopic (exact) mass is 425 g/mol. The molecule has 0 fully saturated rings. The van der Waals surface area contributed by atoms with Crippen LogP contribution in [0.1, 0.15) is 36.2 Å². The molecule has 0 heterocycles. The molecule has 2 atom stereocenters. The molecule has 0 aromatic heterocycles. The molecular formula is C23H27N3O5. The number of hydrogen-bond acceptors (Lipinski definition) is 5. The highest BCUT2D eigenvalue weighted by molar-refractivity contribution is 5.98. The number of carbonyl (C=O) groups excluding carboxylic acids is 4. The Morgan fingerprint density at radius 3 is 2.13 bits per heavy atom. The summed E-state index contributed by atoms with van der Waals surface area (Å²) in [6, 6.07) is 15.8. The lowest BCUT2D eigenvalue weighted by atomic mass is 10.1. The van der Waals surface area contributed by atoms with Crippen molar-refractivity contribution in [1.29, 1.82) is 0 Å². The van der Waals surface area contributed by atoms with Crippen LogP contribution in [0.4, 0.5) is 4.79 Å². The van der Waals surface area contributed by atoms with E-state index in [4.69, 9.17) is 4.74 Å². The summed E-state index contributed by atoms with van der Waals surface area (Å²) in [5.41, 5.74) is 1.21. The van der Waals surface area contributed by atoms with Gasteiger partial charge in [0, 0.05) is 18.0 Å². The molecule has 2 aromatic carbocycles. The average Bonchev–Trinajstić information content (AvgIpc) is 2.78. The third-order valence-electron chi connectivity index (χ3n) is 4.50. The zero-order chi connectivity index (χ0) is 22.6. The van der Waals surface area contributed by atoms with Gasteiger partial charge in [-0.3, -0.25) is 14.9 Å². The molecule has 0 aliphatic heterocycles. The van der Waals surface area contributed by atoms with Crippen molar-refractivity contribution in [3.8, 4) is 0 Å². The predicted molar refractivity (Wildman–Crippen MR) is 115 cm³/mol. The van der Waals surface area contributed by atoms with Crippen LogP contribution in [0.3, 0.4) is 0 Å². The molecule has 164 valence electrons. The maximum absolute atomic E-state index is 12.6. The summed E-state index contributed by atoms with van der Waals surface area (Å²) in [5.74, 6) is -1.97. The second-order valence-electron chi connectivity index (χ2n) is 7.02. The van der Waals surface area contributed by atoms with Crippen molar-refractivity contribution in [2.24, 2.45) is 0 Å². The van der Waals surface area contributed by atoms with E-state index in [1.165, 1.54) is 0 Å². The summed E-state index contributed by atoms with van der Waals surface area (Å²) in [6.07, 6.45) is 0.896. The van der Waals surface area contributed by atoms with E-state index in [0.29, 0.717) is 12.0 Å². The van der Waals surface area contributed by atoms with Crippen molar-refractivity contribution < 1.29 is 23.9 Å². The smallest absolute Gasteiger partial charge is 0.329 e. The first kappa shape index (κ1) is 23.6. The highest BCUT2D eigenvalue weighted by atomic mass is 16.5. The Balaban J connectivity index is 1.98. The molecule has 2 rings (SSSR count). The van der Waals surface area contributed by atoms with Crippen molar-refractivity contribution in [3.05, 3.63) is 71.8 Å². The van der Waals surface area contributed by atoms with E-state index in [-0.39, 0.29) is 12.5 Å². The number of urea groups is 1. The number of benzene rings is 2. The number of hydrogen-bond donors (Lipinski definition) is 3. The van der Waals surface area contributed by atoms with Crippen LogP contribution in [0.15, 0.2) is 60.7 Å². The van der Waals surface area contributed by atoms with Gasteiger partial charge < -0.3 is 15.4 Å². The molecule has 0 spiro atoms. The van der Waals surface area contributed by atoms with Gasteiger partial charge in [0.2, 0.25) is 0 Å². The SMILES string of the molecule is CC[C@H](C)NC(=O)NC(=O)COC(=O)[C@@H](Cc1ccccc1)NC(=O)c1ccccc1. The lowest BCUT2D eigenvalue weighted by Crippen LogP contribution is -2.46. The molecule has 31 heavy (non-hydrogen) atoms. The van der Waals surface area contributed by atoms with Gasteiger partial charge in [-0.05, 0) is 31.0 Å². The maximum atomic E-state index is 12.6. The third kappa shape index (κ3) is 8.30. The van der Waals surface area contributed by atoms with Crippen LogP contribution in [0.2, 0.25) is 0 Å². The topological polar surface area (TPSA) is 114 Å². The van der Waals surface area contributed by atoms with Gasteiger partial charge in [-0.1, -0.05) is 55.5 Å². The first-order valence-corrected chi connectivity index (χ1v) is 10.1. The highest BCUT2D eigenvalue weighted by Gasteiger charge is 2.24. The molecule has 0 aliphatic rings. The molecular weight excluding hydrogens is 398 g/mol. The van der Waals surface area contributed by atoms with Crippen LogP contribution >= 0.6 is 0 Å². The van der Waals surface area contributed by atoms with Crippen molar-refractivity contribution in [1.82, 2.24) is 16.0 Å². The van der Waals surface area contributed by atoms with Gasteiger partial charge in [-0.15, -0.1) is 0 Å². The Hall–Kier alpha value is -3.68. The minimum atomic E-state index is -1.00. The summed E-state index contributed by atoms with van der Waals surface area (Å²) >= 11 is 0. The lowest BCUT2D eigenvalue weighted by molar-refractivity contribution is -0.150. The number of esters is 1. The molecule has 8 heteroatoms. The number of imide groups is 1. The highest BCUT2D eigenvalue weighted by Crippen LogP contribution is 2.07. The maximum Gasteiger partial charge on any atom is 0.329 e. The van der Waals surface area contributed by atoms with E-state index < -0.39 is 36.5 Å². The standard InChI is InChI=1S/C23H27N3O5/c1-3-16(2)24-23(30)26-20(27)15-31-22(29)19(14-17-10-6-4-7-11-17)25-21(28)18-12-8-5-9-13-18/h4-13,16,19H,3,14-15H2,1-2H3,(H,25,28)(H2,24,26,27,30)/t16-,19+/m0/s1. The van der Waals surface area contributed by atoms with E-state index in [1.807, 2.05) is 37.3 Å². The van der Waals surface area contributed by atoms with Crippen molar-refractivity contribution in [2.75, 3.05) is 6.61 Å². The van der Waals surface area contributed by atoms with Gasteiger partial charge in [0.1, 0.15) is 6.04 Å². The number of carbonyl (C=O) groups is 4.